The molecule has 1 heterocycles. The fourth-order valence-corrected chi connectivity index (χ4v) is 1.17. The van der Waals surface area contributed by atoms with Gasteiger partial charge < -0.3 is 9.68 Å². The van der Waals surface area contributed by atoms with Crippen LogP contribution in [0.25, 0.3) is 0 Å². The van der Waals surface area contributed by atoms with Gasteiger partial charge >= 0.3 is 7.12 Å². The fraction of sp³-hybridized carbons (Fsp3) is 0.333. The molecule has 0 unspecified atom stereocenters. The Morgan fingerprint density at radius 1 is 1.60 bits per heavy atom. The van der Waals surface area contributed by atoms with Crippen LogP contribution in [0.5, 0.6) is 0 Å². The predicted molar refractivity (Wildman–Crippen MR) is 34.5 cm³/mol. The molecule has 0 spiro atoms. The average molecular weight is 140 g/mol. The number of halogens is 1. The third kappa shape index (κ3) is 0.687. The van der Waals surface area contributed by atoms with Crippen molar-refractivity contribution in [1.29, 1.82) is 0 Å². The first-order valence-corrected chi connectivity index (χ1v) is 3.21. The minimum Gasteiger partial charge on any atom is -0.536 e. The lowest BCUT2D eigenvalue weighted by Crippen LogP contribution is -2.33. The molecule has 0 saturated heterocycles. The molecule has 0 aromatic carbocycles. The summed E-state index contributed by atoms with van der Waals surface area (Å²) in [6.45, 7) is 0. The van der Waals surface area contributed by atoms with Crippen molar-refractivity contribution in [1.82, 2.24) is 0 Å². The van der Waals surface area contributed by atoms with E-state index >= 15 is 0 Å². The number of hydrogen-bond acceptors (Lipinski definition) is 2. The van der Waals surface area contributed by atoms with Crippen LogP contribution >= 0.6 is 0 Å². The van der Waals surface area contributed by atoms with Crippen LogP contribution in [0, 0.1) is 0 Å². The smallest absolute Gasteiger partial charge is 0.536 e. The van der Waals surface area contributed by atoms with Gasteiger partial charge in [0.25, 0.3) is 0 Å². The van der Waals surface area contributed by atoms with E-state index < -0.39 is 7.12 Å². The van der Waals surface area contributed by atoms with Gasteiger partial charge in [-0.3, -0.25) is 0 Å². The van der Waals surface area contributed by atoms with E-state index in [0.29, 0.717) is 18.3 Å². The molecular formula is C6H6BFO2. The van der Waals surface area contributed by atoms with Gasteiger partial charge in [0.05, 0.1) is 5.76 Å². The van der Waals surface area contributed by atoms with Crippen LogP contribution in [0.1, 0.15) is 12.8 Å². The molecule has 0 saturated carbocycles. The van der Waals surface area contributed by atoms with E-state index in [2.05, 4.69) is 0 Å². The quantitative estimate of drug-likeness (QED) is 0.507. The van der Waals surface area contributed by atoms with Crippen LogP contribution in [-0.4, -0.2) is 12.1 Å². The summed E-state index contributed by atoms with van der Waals surface area (Å²) >= 11 is 0. The Morgan fingerprint density at radius 2 is 2.40 bits per heavy atom. The van der Waals surface area contributed by atoms with Gasteiger partial charge in [0.15, 0.2) is 0 Å². The van der Waals surface area contributed by atoms with Crippen LogP contribution in [-0.2, 0) is 4.65 Å². The zero-order valence-corrected chi connectivity index (χ0v) is 5.30. The Morgan fingerprint density at radius 3 is 3.00 bits per heavy atom. The second-order valence-electron chi connectivity index (χ2n) is 2.44. The summed E-state index contributed by atoms with van der Waals surface area (Å²) in [5, 5.41) is 8.87. The maximum absolute atomic E-state index is 12.5. The summed E-state index contributed by atoms with van der Waals surface area (Å²) in [5.41, 5.74) is 0.615. The van der Waals surface area contributed by atoms with Crippen LogP contribution in [0.2, 0.25) is 0 Å². The molecule has 4 heteroatoms. The number of rotatable bonds is 0. The van der Waals surface area contributed by atoms with Crippen molar-refractivity contribution in [3.05, 3.63) is 23.1 Å². The average Bonchev–Trinajstić information content (AvgIpc) is 1.92. The maximum Gasteiger partial charge on any atom is 0.563 e. The zero-order valence-electron chi connectivity index (χ0n) is 5.30. The Labute approximate surface area is 58.1 Å². The fourth-order valence-electron chi connectivity index (χ4n) is 1.17. The van der Waals surface area contributed by atoms with Gasteiger partial charge in [-0.15, -0.1) is 0 Å². The third-order valence-electron chi connectivity index (χ3n) is 1.74. The number of hydrogen-bond donors (Lipinski definition) is 1. The molecule has 0 fully saturated rings. The molecule has 2 nitrogen and oxygen atoms in total. The van der Waals surface area contributed by atoms with E-state index in [1.165, 1.54) is 6.08 Å². The van der Waals surface area contributed by atoms with E-state index in [0.717, 1.165) is 5.76 Å². The molecule has 2 aliphatic rings. The zero-order chi connectivity index (χ0) is 7.14. The van der Waals surface area contributed by atoms with Gasteiger partial charge in [0, 0.05) is 18.3 Å². The first kappa shape index (κ1) is 5.98. The van der Waals surface area contributed by atoms with Gasteiger partial charge in [-0.25, -0.2) is 4.39 Å². The predicted octanol–water partition coefficient (Wildman–Crippen LogP) is 0.938. The summed E-state index contributed by atoms with van der Waals surface area (Å²) < 4.78 is 17.3. The Bertz CT molecular complexity index is 234. The lowest BCUT2D eigenvalue weighted by Gasteiger charge is -2.28. The summed E-state index contributed by atoms with van der Waals surface area (Å²) in [5.74, 6) is 0.579. The van der Waals surface area contributed by atoms with Gasteiger partial charge in [0.1, 0.15) is 5.83 Å². The highest BCUT2D eigenvalue weighted by Gasteiger charge is 2.37. The molecule has 1 N–H and O–H groups in total. The Balaban J connectivity index is 2.29. The van der Waals surface area contributed by atoms with Crippen molar-refractivity contribution in [2.75, 3.05) is 0 Å². The minimum absolute atomic E-state index is 0.166. The maximum atomic E-state index is 12.5. The van der Waals surface area contributed by atoms with E-state index in [1.54, 1.807) is 0 Å². The van der Waals surface area contributed by atoms with E-state index in [9.17, 15) is 4.39 Å². The van der Waals surface area contributed by atoms with Crippen molar-refractivity contribution >= 4 is 7.12 Å². The summed E-state index contributed by atoms with van der Waals surface area (Å²) in [6, 6.07) is 0. The molecule has 10 heavy (non-hydrogen) atoms. The first-order valence-electron chi connectivity index (χ1n) is 3.21. The lowest BCUT2D eigenvalue weighted by atomic mass is 9.69. The van der Waals surface area contributed by atoms with Crippen LogP contribution in [0.4, 0.5) is 4.39 Å². The molecule has 1 aliphatic carbocycles. The highest BCUT2D eigenvalue weighted by Crippen LogP contribution is 2.33. The van der Waals surface area contributed by atoms with Crippen molar-refractivity contribution in [2.45, 2.75) is 12.8 Å². The Hall–Kier alpha value is -0.765. The molecule has 52 valence electrons. The van der Waals surface area contributed by atoms with Gasteiger partial charge in [-0.1, -0.05) is 0 Å². The summed E-state index contributed by atoms with van der Waals surface area (Å²) in [6.07, 6.45) is 2.35. The van der Waals surface area contributed by atoms with Crippen LogP contribution in [0.15, 0.2) is 23.1 Å². The van der Waals surface area contributed by atoms with Gasteiger partial charge in [0.2, 0.25) is 0 Å². The molecule has 0 aromatic rings. The highest BCUT2D eigenvalue weighted by atomic mass is 19.1. The minimum atomic E-state index is -0.874. The lowest BCUT2D eigenvalue weighted by molar-refractivity contribution is 0.290. The van der Waals surface area contributed by atoms with E-state index in [-0.39, 0.29) is 5.83 Å². The van der Waals surface area contributed by atoms with Gasteiger partial charge in [-0.2, -0.15) is 0 Å². The second-order valence-corrected chi connectivity index (χ2v) is 2.44. The van der Waals surface area contributed by atoms with E-state index in [1.807, 2.05) is 0 Å². The highest BCUT2D eigenvalue weighted by molar-refractivity contribution is 6.56. The monoisotopic (exact) mass is 140 g/mol. The molecule has 0 atom stereocenters. The standard InChI is InChI=1S/C6H6BFO2/c8-4-1-2-6-5(3-4)7(9)10-6/h3,9H,1-2H2. The molecular weight excluding hydrogens is 134 g/mol. The van der Waals surface area contributed by atoms with Gasteiger partial charge in [-0.05, 0) is 6.08 Å². The molecule has 0 radical (unpaired) electrons. The van der Waals surface area contributed by atoms with Crippen molar-refractivity contribution < 1.29 is 14.1 Å². The molecule has 2 rings (SSSR count). The molecule has 0 bridgehead atoms. The normalized spacial score (nSPS) is 23.0. The molecule has 0 amide bonds. The van der Waals surface area contributed by atoms with Crippen LogP contribution < -0.4 is 0 Å². The van der Waals surface area contributed by atoms with Crippen molar-refractivity contribution in [2.24, 2.45) is 0 Å². The largest absolute Gasteiger partial charge is 0.563 e. The summed E-state index contributed by atoms with van der Waals surface area (Å²) in [4.78, 5) is 0. The molecule has 1 aliphatic heterocycles. The van der Waals surface area contributed by atoms with E-state index in [4.69, 9.17) is 9.68 Å². The third-order valence-corrected chi connectivity index (χ3v) is 1.74. The van der Waals surface area contributed by atoms with Crippen molar-refractivity contribution in [3.63, 3.8) is 0 Å². The number of allylic oxidation sites excluding steroid dienone is 4. The topological polar surface area (TPSA) is 29.5 Å². The second kappa shape index (κ2) is 1.86. The van der Waals surface area contributed by atoms with Crippen molar-refractivity contribution in [3.8, 4) is 0 Å². The molecule has 0 aromatic heterocycles. The Kier molecular flexibility index (Phi) is 1.11. The SMILES string of the molecule is OB1OC2=C1C=C(F)CC2. The summed E-state index contributed by atoms with van der Waals surface area (Å²) in [7, 11) is -0.874. The van der Waals surface area contributed by atoms with Crippen LogP contribution in [0.3, 0.4) is 0 Å². The first-order chi connectivity index (χ1) is 4.77.